The number of nitrogens with one attached hydrogen (secondary N) is 1. The highest BCUT2D eigenvalue weighted by molar-refractivity contribution is 5.76. The van der Waals surface area contributed by atoms with Gasteiger partial charge in [-0.2, -0.15) is 0 Å². The van der Waals surface area contributed by atoms with Gasteiger partial charge in [-0.1, -0.05) is 48.9 Å². The van der Waals surface area contributed by atoms with Crippen LogP contribution < -0.4 is 5.32 Å². The molecule has 2 rings (SSSR count). The first-order valence-corrected chi connectivity index (χ1v) is 7.72. The number of hydrogen-bond donors (Lipinski definition) is 2. The van der Waals surface area contributed by atoms with Gasteiger partial charge in [0.1, 0.15) is 5.82 Å². The maximum atomic E-state index is 13.1. The van der Waals surface area contributed by atoms with E-state index >= 15 is 0 Å². The van der Waals surface area contributed by atoms with E-state index < -0.39 is 11.9 Å². The van der Waals surface area contributed by atoms with Gasteiger partial charge in [-0.15, -0.1) is 0 Å². The molecule has 0 saturated heterocycles. The SMILES string of the molecule is Cc1ccc(C(C)CNC(=O)CC(O)c2cccc(F)c2)cc1. The lowest BCUT2D eigenvalue weighted by atomic mass is 10.00. The van der Waals surface area contributed by atoms with Gasteiger partial charge >= 0.3 is 0 Å². The summed E-state index contributed by atoms with van der Waals surface area (Å²) in [5, 5.41) is 12.8. The molecule has 0 spiro atoms. The first-order valence-electron chi connectivity index (χ1n) is 7.72. The average molecular weight is 315 g/mol. The van der Waals surface area contributed by atoms with Crippen LogP contribution in [-0.2, 0) is 4.79 Å². The van der Waals surface area contributed by atoms with Crippen LogP contribution in [0, 0.1) is 12.7 Å². The van der Waals surface area contributed by atoms with Gasteiger partial charge in [0.05, 0.1) is 12.5 Å². The molecule has 0 aliphatic heterocycles. The third kappa shape index (κ3) is 5.18. The van der Waals surface area contributed by atoms with Crippen LogP contribution in [0.1, 0.15) is 42.1 Å². The summed E-state index contributed by atoms with van der Waals surface area (Å²) < 4.78 is 13.1. The minimum Gasteiger partial charge on any atom is -0.388 e. The van der Waals surface area contributed by atoms with E-state index in [9.17, 15) is 14.3 Å². The van der Waals surface area contributed by atoms with Gasteiger partial charge in [-0.05, 0) is 36.1 Å². The summed E-state index contributed by atoms with van der Waals surface area (Å²) in [7, 11) is 0. The summed E-state index contributed by atoms with van der Waals surface area (Å²) in [6.07, 6.45) is -1.08. The molecule has 4 heteroatoms. The number of carbonyl (C=O) groups excluding carboxylic acids is 1. The molecule has 0 aliphatic carbocycles. The van der Waals surface area contributed by atoms with Gasteiger partial charge in [0, 0.05) is 6.54 Å². The highest BCUT2D eigenvalue weighted by atomic mass is 19.1. The van der Waals surface area contributed by atoms with E-state index in [4.69, 9.17) is 0 Å². The van der Waals surface area contributed by atoms with Gasteiger partial charge in [-0.25, -0.2) is 4.39 Å². The number of hydrogen-bond acceptors (Lipinski definition) is 2. The fourth-order valence-electron chi connectivity index (χ4n) is 2.36. The van der Waals surface area contributed by atoms with Gasteiger partial charge in [0.25, 0.3) is 0 Å². The Bertz CT molecular complexity index is 655. The second-order valence-electron chi connectivity index (χ2n) is 5.89. The number of rotatable bonds is 6. The molecule has 0 aliphatic rings. The lowest BCUT2D eigenvalue weighted by Gasteiger charge is -2.15. The fourth-order valence-corrected chi connectivity index (χ4v) is 2.36. The van der Waals surface area contributed by atoms with Crippen molar-refractivity contribution in [3.05, 3.63) is 71.0 Å². The second kappa shape index (κ2) is 7.88. The van der Waals surface area contributed by atoms with Crippen LogP contribution in [0.2, 0.25) is 0 Å². The zero-order valence-corrected chi connectivity index (χ0v) is 13.4. The minimum absolute atomic E-state index is 0.0793. The molecule has 2 unspecified atom stereocenters. The van der Waals surface area contributed by atoms with E-state index in [1.54, 1.807) is 6.07 Å². The third-order valence-corrected chi connectivity index (χ3v) is 3.86. The van der Waals surface area contributed by atoms with Crippen LogP contribution >= 0.6 is 0 Å². The smallest absolute Gasteiger partial charge is 0.222 e. The summed E-state index contributed by atoms with van der Waals surface area (Å²) in [5.41, 5.74) is 2.76. The highest BCUT2D eigenvalue weighted by Gasteiger charge is 2.14. The van der Waals surface area contributed by atoms with Crippen molar-refractivity contribution < 1.29 is 14.3 Å². The molecule has 3 nitrogen and oxygen atoms in total. The number of amides is 1. The standard InChI is InChI=1S/C19H22FNO2/c1-13-6-8-15(9-7-13)14(2)12-21-19(23)11-18(22)16-4-3-5-17(20)10-16/h3-10,14,18,22H,11-12H2,1-2H3,(H,21,23). The van der Waals surface area contributed by atoms with E-state index in [2.05, 4.69) is 5.32 Å². The zero-order valence-electron chi connectivity index (χ0n) is 13.4. The van der Waals surface area contributed by atoms with Crippen molar-refractivity contribution in [2.24, 2.45) is 0 Å². The molecule has 0 bridgehead atoms. The van der Waals surface area contributed by atoms with Crippen molar-refractivity contribution >= 4 is 5.91 Å². The number of halogens is 1. The molecule has 2 N–H and O–H groups in total. The average Bonchev–Trinajstić information content (AvgIpc) is 2.53. The molecule has 0 heterocycles. The number of carbonyl (C=O) groups is 1. The summed E-state index contributed by atoms with van der Waals surface area (Å²) in [5.74, 6) is -0.485. The molecule has 2 atom stereocenters. The molecule has 0 saturated carbocycles. The number of aliphatic hydroxyl groups excluding tert-OH is 1. The highest BCUT2D eigenvalue weighted by Crippen LogP contribution is 2.18. The molecule has 0 fully saturated rings. The first-order chi connectivity index (χ1) is 11.0. The maximum Gasteiger partial charge on any atom is 0.222 e. The molecule has 2 aromatic carbocycles. The molecule has 2 aromatic rings. The van der Waals surface area contributed by atoms with Crippen LogP contribution in [0.15, 0.2) is 48.5 Å². The summed E-state index contributed by atoms with van der Waals surface area (Å²) >= 11 is 0. The lowest BCUT2D eigenvalue weighted by molar-refractivity contribution is -0.123. The predicted octanol–water partition coefficient (Wildman–Crippen LogP) is 3.48. The van der Waals surface area contributed by atoms with Crippen LogP contribution in [0.5, 0.6) is 0 Å². The monoisotopic (exact) mass is 315 g/mol. The van der Waals surface area contributed by atoms with E-state index in [0.29, 0.717) is 12.1 Å². The molecule has 122 valence electrons. The van der Waals surface area contributed by atoms with E-state index in [1.165, 1.54) is 23.8 Å². The van der Waals surface area contributed by atoms with Crippen LogP contribution in [0.25, 0.3) is 0 Å². The topological polar surface area (TPSA) is 49.3 Å². The van der Waals surface area contributed by atoms with Gasteiger partial charge in [-0.3, -0.25) is 4.79 Å². The molecule has 23 heavy (non-hydrogen) atoms. The lowest BCUT2D eigenvalue weighted by Crippen LogP contribution is -2.28. The van der Waals surface area contributed by atoms with Crippen molar-refractivity contribution in [2.75, 3.05) is 6.54 Å². The molecule has 1 amide bonds. The Kier molecular flexibility index (Phi) is 5.88. The number of aliphatic hydroxyl groups is 1. The Morgan fingerprint density at radius 2 is 1.87 bits per heavy atom. The summed E-state index contributed by atoms with van der Waals surface area (Å²) in [6, 6.07) is 13.9. The molecular formula is C19H22FNO2. The molecule has 0 radical (unpaired) electrons. The van der Waals surface area contributed by atoms with Gasteiger partial charge < -0.3 is 10.4 Å². The Morgan fingerprint density at radius 3 is 2.52 bits per heavy atom. The van der Waals surface area contributed by atoms with Crippen molar-refractivity contribution in [2.45, 2.75) is 32.3 Å². The van der Waals surface area contributed by atoms with Gasteiger partial charge in [0.15, 0.2) is 0 Å². The second-order valence-corrected chi connectivity index (χ2v) is 5.89. The maximum absolute atomic E-state index is 13.1. The largest absolute Gasteiger partial charge is 0.388 e. The number of aryl methyl sites for hydroxylation is 1. The molecule has 0 aromatic heterocycles. The van der Waals surface area contributed by atoms with Crippen LogP contribution in [0.3, 0.4) is 0 Å². The van der Waals surface area contributed by atoms with Crippen LogP contribution in [0.4, 0.5) is 4.39 Å². The Balaban J connectivity index is 1.83. The van der Waals surface area contributed by atoms with E-state index in [1.807, 2.05) is 38.1 Å². The quantitative estimate of drug-likeness (QED) is 0.857. The van der Waals surface area contributed by atoms with Crippen molar-refractivity contribution in [1.29, 1.82) is 0 Å². The van der Waals surface area contributed by atoms with E-state index in [0.717, 1.165) is 5.56 Å². The van der Waals surface area contributed by atoms with Crippen molar-refractivity contribution in [3.8, 4) is 0 Å². The zero-order chi connectivity index (χ0) is 16.8. The predicted molar refractivity (Wildman–Crippen MR) is 88.6 cm³/mol. The van der Waals surface area contributed by atoms with Gasteiger partial charge in [0.2, 0.25) is 5.91 Å². The third-order valence-electron chi connectivity index (χ3n) is 3.86. The summed E-state index contributed by atoms with van der Waals surface area (Å²) in [6.45, 7) is 4.57. The van der Waals surface area contributed by atoms with E-state index in [-0.39, 0.29) is 18.2 Å². The molecular weight excluding hydrogens is 293 g/mol. The Hall–Kier alpha value is -2.20. The summed E-state index contributed by atoms with van der Waals surface area (Å²) in [4.78, 5) is 11.9. The van der Waals surface area contributed by atoms with Crippen molar-refractivity contribution in [1.82, 2.24) is 5.32 Å². The Labute approximate surface area is 136 Å². The van der Waals surface area contributed by atoms with Crippen molar-refractivity contribution in [3.63, 3.8) is 0 Å². The fraction of sp³-hybridized carbons (Fsp3) is 0.316. The minimum atomic E-state index is -1.000. The van der Waals surface area contributed by atoms with Crippen LogP contribution in [-0.4, -0.2) is 17.6 Å². The number of benzene rings is 2. The Morgan fingerprint density at radius 1 is 1.17 bits per heavy atom. The normalized spacial score (nSPS) is 13.4. The first kappa shape index (κ1) is 17.2.